The van der Waals surface area contributed by atoms with Crippen molar-refractivity contribution >= 4 is 23.4 Å². The molecular weight excluding hydrogens is 344 g/mol. The van der Waals surface area contributed by atoms with Gasteiger partial charge in [-0.05, 0) is 49.8 Å². The number of fused-ring (bicyclic) bond motifs is 1. The van der Waals surface area contributed by atoms with Crippen LogP contribution in [0.1, 0.15) is 38.7 Å². The van der Waals surface area contributed by atoms with Crippen molar-refractivity contribution in [3.63, 3.8) is 0 Å². The molecule has 3 rings (SSSR count). The standard InChI is InChI=1S/C21H26N2O4/c1-12(2)10-17(19(25)22-16-9-8-13(3)11-18(16)24)23-20(26)14-6-4-5-7-15(14)21(23)27/h4-5,8-9,11-12,14-15,17,24H,6-7,10H2,1-3H3,(H,22,25). The van der Waals surface area contributed by atoms with Gasteiger partial charge in [-0.15, -0.1) is 0 Å². The summed E-state index contributed by atoms with van der Waals surface area (Å²) in [5.41, 5.74) is 1.14. The topological polar surface area (TPSA) is 86.7 Å². The zero-order chi connectivity index (χ0) is 19.7. The van der Waals surface area contributed by atoms with Crippen LogP contribution in [0, 0.1) is 24.7 Å². The SMILES string of the molecule is Cc1ccc(NC(=O)C(CC(C)C)N2C(=O)C3CC=CCC3C2=O)c(O)c1. The molecule has 2 aliphatic rings. The number of imide groups is 1. The number of nitrogens with zero attached hydrogens (tertiary/aromatic N) is 1. The monoisotopic (exact) mass is 370 g/mol. The van der Waals surface area contributed by atoms with E-state index in [2.05, 4.69) is 5.32 Å². The molecular formula is C21H26N2O4. The summed E-state index contributed by atoms with van der Waals surface area (Å²) in [6.45, 7) is 5.73. The first-order valence-electron chi connectivity index (χ1n) is 9.42. The molecule has 3 atom stereocenters. The number of hydrogen-bond acceptors (Lipinski definition) is 4. The van der Waals surface area contributed by atoms with Crippen LogP contribution in [0.3, 0.4) is 0 Å². The number of aromatic hydroxyl groups is 1. The first-order chi connectivity index (χ1) is 12.8. The minimum Gasteiger partial charge on any atom is -0.506 e. The van der Waals surface area contributed by atoms with Crippen LogP contribution in [0.25, 0.3) is 0 Å². The van der Waals surface area contributed by atoms with Crippen LogP contribution < -0.4 is 5.32 Å². The van der Waals surface area contributed by atoms with Gasteiger partial charge in [-0.1, -0.05) is 32.1 Å². The summed E-state index contributed by atoms with van der Waals surface area (Å²) < 4.78 is 0. The van der Waals surface area contributed by atoms with Crippen LogP contribution in [0.15, 0.2) is 30.4 Å². The van der Waals surface area contributed by atoms with Crippen molar-refractivity contribution < 1.29 is 19.5 Å². The lowest BCUT2D eigenvalue weighted by Crippen LogP contribution is -2.48. The Morgan fingerprint density at radius 1 is 1.19 bits per heavy atom. The van der Waals surface area contributed by atoms with Crippen LogP contribution in [0.5, 0.6) is 5.75 Å². The van der Waals surface area contributed by atoms with Crippen LogP contribution in [-0.2, 0) is 14.4 Å². The van der Waals surface area contributed by atoms with Crippen LogP contribution >= 0.6 is 0 Å². The average Bonchev–Trinajstić information content (AvgIpc) is 2.86. The van der Waals surface area contributed by atoms with E-state index < -0.39 is 11.9 Å². The molecule has 1 heterocycles. The molecule has 27 heavy (non-hydrogen) atoms. The zero-order valence-electron chi connectivity index (χ0n) is 15.9. The molecule has 0 spiro atoms. The average molecular weight is 370 g/mol. The molecule has 144 valence electrons. The van der Waals surface area contributed by atoms with Gasteiger partial charge in [0.2, 0.25) is 17.7 Å². The molecule has 0 bridgehead atoms. The summed E-state index contributed by atoms with van der Waals surface area (Å²) in [4.78, 5) is 39.9. The maximum Gasteiger partial charge on any atom is 0.247 e. The minimum absolute atomic E-state index is 0.0383. The predicted molar refractivity (Wildman–Crippen MR) is 102 cm³/mol. The number of nitrogens with one attached hydrogen (secondary N) is 1. The number of amides is 3. The molecule has 0 aromatic heterocycles. The lowest BCUT2D eigenvalue weighted by Gasteiger charge is -2.27. The number of phenols is 1. The van der Waals surface area contributed by atoms with E-state index in [1.54, 1.807) is 18.2 Å². The number of phenolic OH excluding ortho intramolecular Hbond substituents is 1. The normalized spacial score (nSPS) is 22.9. The smallest absolute Gasteiger partial charge is 0.247 e. The van der Waals surface area contributed by atoms with E-state index in [-0.39, 0.29) is 41.0 Å². The first-order valence-corrected chi connectivity index (χ1v) is 9.42. The number of benzene rings is 1. The van der Waals surface area contributed by atoms with E-state index in [0.29, 0.717) is 19.3 Å². The molecule has 1 aromatic rings. The van der Waals surface area contributed by atoms with Gasteiger partial charge in [-0.3, -0.25) is 19.3 Å². The van der Waals surface area contributed by atoms with Crippen molar-refractivity contribution in [2.24, 2.45) is 17.8 Å². The van der Waals surface area contributed by atoms with Crippen molar-refractivity contribution in [3.05, 3.63) is 35.9 Å². The van der Waals surface area contributed by atoms with Crippen molar-refractivity contribution in [3.8, 4) is 5.75 Å². The van der Waals surface area contributed by atoms with E-state index in [4.69, 9.17) is 0 Å². The van der Waals surface area contributed by atoms with Gasteiger partial charge in [0.1, 0.15) is 11.8 Å². The highest BCUT2D eigenvalue weighted by Gasteiger charge is 2.51. The van der Waals surface area contributed by atoms with E-state index in [9.17, 15) is 19.5 Å². The van der Waals surface area contributed by atoms with Crippen molar-refractivity contribution in [2.75, 3.05) is 5.32 Å². The second-order valence-electron chi connectivity index (χ2n) is 7.86. The Bertz CT molecular complexity index is 773. The quantitative estimate of drug-likeness (QED) is 0.474. The highest BCUT2D eigenvalue weighted by atomic mass is 16.3. The Balaban J connectivity index is 1.86. The maximum atomic E-state index is 13.0. The van der Waals surface area contributed by atoms with E-state index >= 15 is 0 Å². The fraction of sp³-hybridized carbons (Fsp3) is 0.476. The van der Waals surface area contributed by atoms with Gasteiger partial charge in [-0.2, -0.15) is 0 Å². The number of anilines is 1. The van der Waals surface area contributed by atoms with Gasteiger partial charge in [0.25, 0.3) is 0 Å². The summed E-state index contributed by atoms with van der Waals surface area (Å²) in [6, 6.07) is 4.07. The van der Waals surface area contributed by atoms with Gasteiger partial charge < -0.3 is 10.4 Å². The fourth-order valence-corrected chi connectivity index (χ4v) is 3.87. The van der Waals surface area contributed by atoms with Crippen molar-refractivity contribution in [1.29, 1.82) is 0 Å². The number of hydrogen-bond donors (Lipinski definition) is 2. The summed E-state index contributed by atoms with van der Waals surface area (Å²) in [5.74, 6) is -1.62. The summed E-state index contributed by atoms with van der Waals surface area (Å²) in [7, 11) is 0. The number of carbonyl (C=O) groups is 3. The summed E-state index contributed by atoms with van der Waals surface area (Å²) >= 11 is 0. The van der Waals surface area contributed by atoms with E-state index in [1.165, 1.54) is 4.90 Å². The van der Waals surface area contributed by atoms with Crippen molar-refractivity contribution in [1.82, 2.24) is 4.90 Å². The Morgan fingerprint density at radius 2 is 1.78 bits per heavy atom. The molecule has 0 radical (unpaired) electrons. The molecule has 1 aromatic carbocycles. The largest absolute Gasteiger partial charge is 0.506 e. The number of rotatable bonds is 5. The molecule has 2 N–H and O–H groups in total. The zero-order valence-corrected chi connectivity index (χ0v) is 15.9. The fourth-order valence-electron chi connectivity index (χ4n) is 3.87. The van der Waals surface area contributed by atoms with Gasteiger partial charge >= 0.3 is 0 Å². The van der Waals surface area contributed by atoms with Gasteiger partial charge in [-0.25, -0.2) is 0 Å². The van der Waals surface area contributed by atoms with Crippen LogP contribution in [0.2, 0.25) is 0 Å². The second kappa shape index (κ2) is 7.55. The van der Waals surface area contributed by atoms with E-state index in [0.717, 1.165) is 5.56 Å². The number of allylic oxidation sites excluding steroid dienone is 2. The van der Waals surface area contributed by atoms with Crippen molar-refractivity contribution in [2.45, 2.75) is 46.1 Å². The van der Waals surface area contributed by atoms with Crippen LogP contribution in [-0.4, -0.2) is 33.8 Å². The first kappa shape index (κ1) is 19.1. The molecule has 1 aliphatic carbocycles. The molecule has 0 saturated carbocycles. The molecule has 3 amide bonds. The van der Waals surface area contributed by atoms with E-state index in [1.807, 2.05) is 32.9 Å². The van der Waals surface area contributed by atoms with Crippen LogP contribution in [0.4, 0.5) is 5.69 Å². The Hall–Kier alpha value is -2.63. The minimum atomic E-state index is -0.878. The summed E-state index contributed by atoms with van der Waals surface area (Å²) in [6.07, 6.45) is 5.32. The Morgan fingerprint density at radius 3 is 2.30 bits per heavy atom. The molecule has 1 fully saturated rings. The molecule has 1 aliphatic heterocycles. The third-order valence-electron chi connectivity index (χ3n) is 5.26. The molecule has 6 nitrogen and oxygen atoms in total. The van der Waals surface area contributed by atoms with Gasteiger partial charge in [0.15, 0.2) is 0 Å². The maximum absolute atomic E-state index is 13.0. The molecule has 3 unspecified atom stereocenters. The lowest BCUT2D eigenvalue weighted by atomic mass is 9.85. The molecule has 1 saturated heterocycles. The predicted octanol–water partition coefficient (Wildman–Crippen LogP) is 3.01. The molecule has 6 heteroatoms. The second-order valence-corrected chi connectivity index (χ2v) is 7.86. The third kappa shape index (κ3) is 3.75. The number of likely N-dealkylation sites (tertiary alicyclic amines) is 1. The highest BCUT2D eigenvalue weighted by Crippen LogP contribution is 2.37. The third-order valence-corrected chi connectivity index (χ3v) is 5.26. The van der Waals surface area contributed by atoms with Gasteiger partial charge in [0.05, 0.1) is 17.5 Å². The highest BCUT2D eigenvalue weighted by molar-refractivity contribution is 6.10. The number of aryl methyl sites for hydroxylation is 1. The Labute approximate surface area is 159 Å². The Kier molecular flexibility index (Phi) is 5.35. The summed E-state index contributed by atoms with van der Waals surface area (Å²) in [5, 5.41) is 12.8. The van der Waals surface area contributed by atoms with Gasteiger partial charge in [0, 0.05) is 0 Å². The number of carbonyl (C=O) groups excluding carboxylic acids is 3. The lowest BCUT2D eigenvalue weighted by molar-refractivity contribution is -0.147.